The van der Waals surface area contributed by atoms with Gasteiger partial charge in [0, 0.05) is 22.8 Å². The SMILES string of the molecule is O=C(Nc1ccc2c(c1)CCO2)c1cc(Br)cnc1Cl. The Kier molecular flexibility index (Phi) is 3.63. The van der Waals surface area contributed by atoms with Gasteiger partial charge in [-0.05, 0) is 45.8 Å². The van der Waals surface area contributed by atoms with Gasteiger partial charge in [0.15, 0.2) is 0 Å². The van der Waals surface area contributed by atoms with Crippen LogP contribution in [-0.4, -0.2) is 17.5 Å². The van der Waals surface area contributed by atoms with Gasteiger partial charge in [-0.3, -0.25) is 4.79 Å². The molecule has 2 aromatic rings. The normalized spacial score (nSPS) is 12.7. The Bertz CT molecular complexity index is 691. The summed E-state index contributed by atoms with van der Waals surface area (Å²) < 4.78 is 6.13. The number of fused-ring (bicyclic) bond motifs is 1. The lowest BCUT2D eigenvalue weighted by atomic mass is 10.1. The Balaban J connectivity index is 1.84. The van der Waals surface area contributed by atoms with Crippen molar-refractivity contribution in [2.75, 3.05) is 11.9 Å². The molecule has 0 aliphatic carbocycles. The van der Waals surface area contributed by atoms with E-state index in [4.69, 9.17) is 16.3 Å². The molecule has 0 radical (unpaired) electrons. The lowest BCUT2D eigenvalue weighted by Gasteiger charge is -2.08. The fourth-order valence-corrected chi connectivity index (χ4v) is 2.57. The summed E-state index contributed by atoms with van der Waals surface area (Å²) in [7, 11) is 0. The predicted octanol–water partition coefficient (Wildman–Crippen LogP) is 3.68. The zero-order valence-corrected chi connectivity index (χ0v) is 12.7. The Hall–Kier alpha value is -1.59. The Morgan fingerprint density at radius 3 is 3.10 bits per heavy atom. The van der Waals surface area contributed by atoms with Crippen LogP contribution < -0.4 is 10.1 Å². The van der Waals surface area contributed by atoms with Crippen molar-refractivity contribution in [3.8, 4) is 5.75 Å². The number of pyridine rings is 1. The predicted molar refractivity (Wildman–Crippen MR) is 80.5 cm³/mol. The zero-order valence-electron chi connectivity index (χ0n) is 10.3. The van der Waals surface area contributed by atoms with Crippen molar-refractivity contribution >= 4 is 39.1 Å². The number of rotatable bonds is 2. The topological polar surface area (TPSA) is 51.2 Å². The van der Waals surface area contributed by atoms with E-state index in [1.807, 2.05) is 12.1 Å². The number of anilines is 1. The number of nitrogens with zero attached hydrogens (tertiary/aromatic N) is 1. The highest BCUT2D eigenvalue weighted by Gasteiger charge is 2.15. The number of benzene rings is 1. The van der Waals surface area contributed by atoms with E-state index in [0.717, 1.165) is 23.4 Å². The van der Waals surface area contributed by atoms with Crippen LogP contribution in [-0.2, 0) is 6.42 Å². The molecule has 0 fully saturated rings. The van der Waals surface area contributed by atoms with E-state index in [1.165, 1.54) is 0 Å². The number of amides is 1. The maximum Gasteiger partial charge on any atom is 0.258 e. The highest BCUT2D eigenvalue weighted by Crippen LogP contribution is 2.28. The number of halogens is 2. The molecule has 0 saturated heterocycles. The van der Waals surface area contributed by atoms with E-state index < -0.39 is 0 Å². The van der Waals surface area contributed by atoms with Gasteiger partial charge in [-0.25, -0.2) is 4.98 Å². The molecule has 0 unspecified atom stereocenters. The van der Waals surface area contributed by atoms with Crippen molar-refractivity contribution in [2.45, 2.75) is 6.42 Å². The standard InChI is InChI=1S/C14H10BrClN2O2/c15-9-6-11(13(16)17-7-9)14(19)18-10-1-2-12-8(5-10)3-4-20-12/h1-2,5-7H,3-4H2,(H,18,19). The number of carbonyl (C=O) groups is 1. The molecule has 2 heterocycles. The van der Waals surface area contributed by atoms with Crippen LogP contribution in [0.15, 0.2) is 34.9 Å². The minimum atomic E-state index is -0.289. The van der Waals surface area contributed by atoms with Gasteiger partial charge >= 0.3 is 0 Å². The lowest BCUT2D eigenvalue weighted by Crippen LogP contribution is -2.13. The number of nitrogens with one attached hydrogen (secondary N) is 1. The number of carbonyl (C=O) groups excluding carboxylic acids is 1. The van der Waals surface area contributed by atoms with Crippen LogP contribution >= 0.6 is 27.5 Å². The van der Waals surface area contributed by atoms with Crippen LogP contribution in [0.25, 0.3) is 0 Å². The molecule has 0 saturated carbocycles. The van der Waals surface area contributed by atoms with Gasteiger partial charge in [0.05, 0.1) is 12.2 Å². The molecule has 1 aliphatic rings. The molecule has 1 amide bonds. The Morgan fingerprint density at radius 2 is 2.25 bits per heavy atom. The molecule has 6 heteroatoms. The molecule has 1 aliphatic heterocycles. The highest BCUT2D eigenvalue weighted by atomic mass is 79.9. The number of ether oxygens (including phenoxy) is 1. The summed E-state index contributed by atoms with van der Waals surface area (Å²) in [5, 5.41) is 2.99. The molecule has 0 atom stereocenters. The highest BCUT2D eigenvalue weighted by molar-refractivity contribution is 9.10. The van der Waals surface area contributed by atoms with Crippen LogP contribution in [0.1, 0.15) is 15.9 Å². The average molecular weight is 354 g/mol. The van der Waals surface area contributed by atoms with Crippen molar-refractivity contribution < 1.29 is 9.53 Å². The first-order valence-corrected chi connectivity index (χ1v) is 7.19. The fraction of sp³-hybridized carbons (Fsp3) is 0.143. The summed E-state index contributed by atoms with van der Waals surface area (Å²) in [4.78, 5) is 16.1. The summed E-state index contributed by atoms with van der Waals surface area (Å²) in [5.41, 5.74) is 2.15. The van der Waals surface area contributed by atoms with Gasteiger partial charge in [-0.2, -0.15) is 0 Å². The first kappa shape index (κ1) is 13.4. The summed E-state index contributed by atoms with van der Waals surface area (Å²) >= 11 is 9.21. The number of hydrogen-bond donors (Lipinski definition) is 1. The molecular weight excluding hydrogens is 344 g/mol. The van der Waals surface area contributed by atoms with Gasteiger partial charge < -0.3 is 10.1 Å². The molecule has 0 spiro atoms. The maximum absolute atomic E-state index is 12.2. The molecule has 1 aromatic heterocycles. The molecule has 102 valence electrons. The summed E-state index contributed by atoms with van der Waals surface area (Å²) in [5.74, 6) is 0.591. The van der Waals surface area contributed by atoms with Crippen molar-refractivity contribution in [1.29, 1.82) is 0 Å². The van der Waals surface area contributed by atoms with Crippen molar-refractivity contribution in [3.05, 3.63) is 51.2 Å². The molecular formula is C14H10BrClN2O2. The minimum Gasteiger partial charge on any atom is -0.493 e. The van der Waals surface area contributed by atoms with E-state index in [0.29, 0.717) is 16.6 Å². The van der Waals surface area contributed by atoms with E-state index in [2.05, 4.69) is 26.2 Å². The van der Waals surface area contributed by atoms with Gasteiger partial charge in [0.25, 0.3) is 5.91 Å². The fourth-order valence-electron chi connectivity index (χ4n) is 2.04. The first-order valence-electron chi connectivity index (χ1n) is 6.01. The minimum absolute atomic E-state index is 0.176. The Labute approximate surface area is 129 Å². The third-order valence-electron chi connectivity index (χ3n) is 3.00. The van der Waals surface area contributed by atoms with Gasteiger partial charge in [0.2, 0.25) is 0 Å². The zero-order chi connectivity index (χ0) is 14.1. The van der Waals surface area contributed by atoms with Crippen molar-refractivity contribution in [2.24, 2.45) is 0 Å². The smallest absolute Gasteiger partial charge is 0.258 e. The Morgan fingerprint density at radius 1 is 1.40 bits per heavy atom. The summed E-state index contributed by atoms with van der Waals surface area (Å²) in [6, 6.07) is 7.22. The lowest BCUT2D eigenvalue weighted by molar-refractivity contribution is 0.102. The van der Waals surface area contributed by atoms with E-state index in [9.17, 15) is 4.79 Å². The third kappa shape index (κ3) is 2.64. The van der Waals surface area contributed by atoms with Gasteiger partial charge in [0.1, 0.15) is 10.9 Å². The number of aromatic nitrogens is 1. The van der Waals surface area contributed by atoms with Crippen LogP contribution in [0.3, 0.4) is 0 Å². The maximum atomic E-state index is 12.2. The number of hydrogen-bond acceptors (Lipinski definition) is 3. The quantitative estimate of drug-likeness (QED) is 0.838. The third-order valence-corrected chi connectivity index (χ3v) is 3.73. The van der Waals surface area contributed by atoms with Crippen LogP contribution in [0.2, 0.25) is 5.15 Å². The van der Waals surface area contributed by atoms with Crippen molar-refractivity contribution in [1.82, 2.24) is 4.98 Å². The van der Waals surface area contributed by atoms with Crippen LogP contribution in [0, 0.1) is 0 Å². The first-order chi connectivity index (χ1) is 9.63. The summed E-state index contributed by atoms with van der Waals surface area (Å²) in [6.45, 7) is 0.689. The van der Waals surface area contributed by atoms with E-state index in [-0.39, 0.29) is 11.1 Å². The van der Waals surface area contributed by atoms with Crippen LogP contribution in [0.4, 0.5) is 5.69 Å². The largest absolute Gasteiger partial charge is 0.493 e. The van der Waals surface area contributed by atoms with E-state index >= 15 is 0 Å². The monoisotopic (exact) mass is 352 g/mol. The van der Waals surface area contributed by atoms with Gasteiger partial charge in [-0.15, -0.1) is 0 Å². The average Bonchev–Trinajstić information content (AvgIpc) is 2.89. The molecule has 3 rings (SSSR count). The molecule has 4 nitrogen and oxygen atoms in total. The molecule has 1 N–H and O–H groups in total. The van der Waals surface area contributed by atoms with E-state index in [1.54, 1.807) is 18.3 Å². The van der Waals surface area contributed by atoms with Gasteiger partial charge in [-0.1, -0.05) is 11.6 Å². The molecule has 20 heavy (non-hydrogen) atoms. The van der Waals surface area contributed by atoms with Crippen LogP contribution in [0.5, 0.6) is 5.75 Å². The second-order valence-corrected chi connectivity index (χ2v) is 5.64. The summed E-state index contributed by atoms with van der Waals surface area (Å²) in [6.07, 6.45) is 2.41. The molecule has 0 bridgehead atoms. The molecule has 1 aromatic carbocycles. The van der Waals surface area contributed by atoms with Crippen molar-refractivity contribution in [3.63, 3.8) is 0 Å². The second kappa shape index (κ2) is 5.42. The second-order valence-electron chi connectivity index (χ2n) is 4.37.